The summed E-state index contributed by atoms with van der Waals surface area (Å²) < 4.78 is 25.5. The van der Waals surface area contributed by atoms with Crippen molar-refractivity contribution < 1.29 is 13.6 Å². The van der Waals surface area contributed by atoms with E-state index < -0.39 is 12.3 Å². The van der Waals surface area contributed by atoms with Gasteiger partial charge in [-0.05, 0) is 24.3 Å². The summed E-state index contributed by atoms with van der Waals surface area (Å²) in [6.45, 7) is 0. The highest BCUT2D eigenvalue weighted by Crippen LogP contribution is 2.12. The first-order valence-electron chi connectivity index (χ1n) is 4.71. The van der Waals surface area contributed by atoms with Crippen LogP contribution in [0.1, 0.15) is 0 Å². The van der Waals surface area contributed by atoms with Crippen LogP contribution in [0.15, 0.2) is 36.9 Å². The molecule has 0 unspecified atom stereocenters. The Labute approximate surface area is 95.1 Å². The lowest BCUT2D eigenvalue weighted by atomic mass is 10.3. The molecule has 0 saturated carbocycles. The van der Waals surface area contributed by atoms with E-state index in [1.54, 1.807) is 12.1 Å². The number of anilines is 1. The summed E-state index contributed by atoms with van der Waals surface area (Å²) in [5, 5.41) is 5.98. The van der Waals surface area contributed by atoms with Crippen molar-refractivity contribution in [3.8, 4) is 5.69 Å². The van der Waals surface area contributed by atoms with E-state index in [9.17, 15) is 13.6 Å². The van der Waals surface area contributed by atoms with E-state index in [1.807, 2.05) is 0 Å². The molecule has 0 fully saturated rings. The number of carbonyl (C=O) groups is 1. The first kappa shape index (κ1) is 11.2. The van der Waals surface area contributed by atoms with Crippen molar-refractivity contribution in [2.75, 3.05) is 5.32 Å². The molecule has 0 bridgehead atoms. The standard InChI is InChI=1S/C10H8F2N4O/c11-9(12)10(17)15-7-1-3-8(4-2-7)16-6-13-5-14-16/h1-6,9H,(H,15,17). The van der Waals surface area contributed by atoms with Crippen molar-refractivity contribution >= 4 is 11.6 Å². The highest BCUT2D eigenvalue weighted by molar-refractivity contribution is 5.93. The lowest BCUT2D eigenvalue weighted by Crippen LogP contribution is -2.19. The van der Waals surface area contributed by atoms with Crippen LogP contribution in [0.4, 0.5) is 14.5 Å². The zero-order chi connectivity index (χ0) is 12.3. The molecule has 1 N–H and O–H groups in total. The van der Waals surface area contributed by atoms with Crippen molar-refractivity contribution in [3.63, 3.8) is 0 Å². The quantitative estimate of drug-likeness (QED) is 0.880. The molecule has 1 aromatic heterocycles. The Bertz CT molecular complexity index is 496. The summed E-state index contributed by atoms with van der Waals surface area (Å²) in [4.78, 5) is 14.5. The van der Waals surface area contributed by atoms with Crippen LogP contribution in [0.2, 0.25) is 0 Å². The number of hydrogen-bond donors (Lipinski definition) is 1. The molecule has 0 aliphatic carbocycles. The van der Waals surface area contributed by atoms with Crippen LogP contribution in [-0.4, -0.2) is 27.1 Å². The second-order valence-electron chi connectivity index (χ2n) is 3.18. The van der Waals surface area contributed by atoms with E-state index in [0.717, 1.165) is 5.69 Å². The van der Waals surface area contributed by atoms with Gasteiger partial charge in [0.05, 0.1) is 5.69 Å². The number of nitrogens with zero attached hydrogens (tertiary/aromatic N) is 3. The fraction of sp³-hybridized carbons (Fsp3) is 0.100. The predicted octanol–water partition coefficient (Wildman–Crippen LogP) is 1.47. The summed E-state index contributed by atoms with van der Waals surface area (Å²) in [5.41, 5.74) is 1.02. The smallest absolute Gasteiger partial charge is 0.315 e. The van der Waals surface area contributed by atoms with Gasteiger partial charge in [0.1, 0.15) is 12.7 Å². The van der Waals surface area contributed by atoms with Crippen molar-refractivity contribution in [3.05, 3.63) is 36.9 Å². The molecule has 2 aromatic rings. The predicted molar refractivity (Wildman–Crippen MR) is 56.0 cm³/mol. The minimum absolute atomic E-state index is 0.305. The van der Waals surface area contributed by atoms with Gasteiger partial charge in [-0.3, -0.25) is 4.79 Å². The Balaban J connectivity index is 2.11. The molecule has 1 heterocycles. The second-order valence-corrected chi connectivity index (χ2v) is 3.18. The molecule has 1 aromatic carbocycles. The molecule has 5 nitrogen and oxygen atoms in total. The van der Waals surface area contributed by atoms with E-state index in [1.165, 1.54) is 29.5 Å². The van der Waals surface area contributed by atoms with Gasteiger partial charge in [-0.25, -0.2) is 9.67 Å². The van der Waals surface area contributed by atoms with Crippen LogP contribution in [0.3, 0.4) is 0 Å². The molecular formula is C10H8F2N4O. The van der Waals surface area contributed by atoms with Gasteiger partial charge >= 0.3 is 6.43 Å². The van der Waals surface area contributed by atoms with E-state index >= 15 is 0 Å². The summed E-state index contributed by atoms with van der Waals surface area (Å²) in [7, 11) is 0. The number of halogens is 2. The number of nitrogens with one attached hydrogen (secondary N) is 1. The molecule has 88 valence electrons. The van der Waals surface area contributed by atoms with Gasteiger partial charge in [0.2, 0.25) is 0 Å². The molecule has 2 rings (SSSR count). The minimum Gasteiger partial charge on any atom is -0.321 e. The summed E-state index contributed by atoms with van der Waals surface area (Å²) in [6, 6.07) is 6.29. The van der Waals surface area contributed by atoms with Gasteiger partial charge in [0.15, 0.2) is 0 Å². The number of alkyl halides is 2. The van der Waals surface area contributed by atoms with Gasteiger partial charge in [-0.15, -0.1) is 0 Å². The average molecular weight is 238 g/mol. The molecule has 0 spiro atoms. The first-order chi connectivity index (χ1) is 8.16. The maximum absolute atomic E-state index is 12.0. The van der Waals surface area contributed by atoms with Gasteiger partial charge < -0.3 is 5.32 Å². The van der Waals surface area contributed by atoms with Gasteiger partial charge in [-0.1, -0.05) is 0 Å². The van der Waals surface area contributed by atoms with E-state index in [-0.39, 0.29) is 0 Å². The fourth-order valence-corrected chi connectivity index (χ4v) is 1.24. The third kappa shape index (κ3) is 2.63. The molecule has 0 aliphatic heterocycles. The van der Waals surface area contributed by atoms with E-state index in [4.69, 9.17) is 0 Å². The van der Waals surface area contributed by atoms with Crippen molar-refractivity contribution in [2.45, 2.75) is 6.43 Å². The van der Waals surface area contributed by atoms with Crippen LogP contribution < -0.4 is 5.32 Å². The lowest BCUT2D eigenvalue weighted by Gasteiger charge is -2.05. The largest absolute Gasteiger partial charge is 0.321 e. The molecule has 0 radical (unpaired) electrons. The topological polar surface area (TPSA) is 59.8 Å². The average Bonchev–Trinajstić information content (AvgIpc) is 2.83. The molecule has 1 amide bonds. The van der Waals surface area contributed by atoms with Gasteiger partial charge in [0, 0.05) is 5.69 Å². The Morgan fingerprint density at radius 1 is 1.29 bits per heavy atom. The monoisotopic (exact) mass is 238 g/mol. The summed E-state index contributed by atoms with van der Waals surface area (Å²) in [5.74, 6) is -1.32. The van der Waals surface area contributed by atoms with Crippen LogP contribution in [0.25, 0.3) is 5.69 Å². The second kappa shape index (κ2) is 4.69. The zero-order valence-electron chi connectivity index (χ0n) is 8.55. The molecule has 17 heavy (non-hydrogen) atoms. The molecule has 0 aliphatic rings. The number of aromatic nitrogens is 3. The molecule has 0 atom stereocenters. The first-order valence-corrected chi connectivity index (χ1v) is 4.71. The van der Waals surface area contributed by atoms with E-state index in [2.05, 4.69) is 15.4 Å². The molecular weight excluding hydrogens is 230 g/mol. The molecule has 7 heteroatoms. The Morgan fingerprint density at radius 3 is 2.53 bits per heavy atom. The number of amides is 1. The summed E-state index contributed by atoms with van der Waals surface area (Å²) in [6.07, 6.45) is -0.135. The van der Waals surface area contributed by atoms with Crippen LogP contribution in [-0.2, 0) is 4.79 Å². The molecule has 0 saturated heterocycles. The van der Waals surface area contributed by atoms with Crippen molar-refractivity contribution in [1.82, 2.24) is 14.8 Å². The Kier molecular flexibility index (Phi) is 3.08. The zero-order valence-corrected chi connectivity index (χ0v) is 8.55. The summed E-state index contributed by atoms with van der Waals surface area (Å²) >= 11 is 0. The lowest BCUT2D eigenvalue weighted by molar-refractivity contribution is -0.126. The fourth-order valence-electron chi connectivity index (χ4n) is 1.24. The normalized spacial score (nSPS) is 10.5. The van der Waals surface area contributed by atoms with Gasteiger partial charge in [0.25, 0.3) is 5.91 Å². The SMILES string of the molecule is O=C(Nc1ccc(-n2cncn2)cc1)C(F)F. The van der Waals surface area contributed by atoms with E-state index in [0.29, 0.717) is 5.69 Å². The van der Waals surface area contributed by atoms with Crippen molar-refractivity contribution in [1.29, 1.82) is 0 Å². The van der Waals surface area contributed by atoms with Crippen LogP contribution in [0, 0.1) is 0 Å². The Hall–Kier alpha value is -2.31. The number of carbonyl (C=O) groups excluding carboxylic acids is 1. The van der Waals surface area contributed by atoms with Crippen molar-refractivity contribution in [2.24, 2.45) is 0 Å². The Morgan fingerprint density at radius 2 is 2.00 bits per heavy atom. The maximum Gasteiger partial charge on any atom is 0.315 e. The number of hydrogen-bond acceptors (Lipinski definition) is 3. The van der Waals surface area contributed by atoms with Gasteiger partial charge in [-0.2, -0.15) is 13.9 Å². The van der Waals surface area contributed by atoms with Crippen LogP contribution >= 0.6 is 0 Å². The van der Waals surface area contributed by atoms with Crippen LogP contribution in [0.5, 0.6) is 0 Å². The number of rotatable bonds is 3. The third-order valence-corrected chi connectivity index (χ3v) is 2.02. The maximum atomic E-state index is 12.0. The third-order valence-electron chi connectivity index (χ3n) is 2.02. The minimum atomic E-state index is -3.02. The highest BCUT2D eigenvalue weighted by atomic mass is 19.3. The number of benzene rings is 1. The highest BCUT2D eigenvalue weighted by Gasteiger charge is 2.14.